The maximum atomic E-state index is 5.56. The predicted octanol–water partition coefficient (Wildman–Crippen LogP) is 1.89. The van der Waals surface area contributed by atoms with Gasteiger partial charge in [-0.2, -0.15) is 0 Å². The molecule has 2 aromatic heterocycles. The van der Waals surface area contributed by atoms with Crippen LogP contribution in [-0.2, 0) is 6.42 Å². The molecule has 2 N–H and O–H groups in total. The molecule has 0 saturated carbocycles. The molecule has 0 aromatic carbocycles. The zero-order valence-electron chi connectivity index (χ0n) is 8.88. The quantitative estimate of drug-likeness (QED) is 0.900. The van der Waals surface area contributed by atoms with Gasteiger partial charge in [-0.3, -0.25) is 0 Å². The molecule has 0 atom stereocenters. The van der Waals surface area contributed by atoms with Crippen LogP contribution in [0.25, 0.3) is 0 Å². The van der Waals surface area contributed by atoms with Gasteiger partial charge in [0.1, 0.15) is 10.0 Å². The first kappa shape index (κ1) is 11.5. The lowest BCUT2D eigenvalue weighted by Crippen LogP contribution is -2.04. The standard InChI is InChI=1S/C10H12N4S2/c1-7-13-14-10(15-7)16-9-8(4-5-11)3-2-6-12-9/h2-3,6H,4-5,11H2,1H3. The third-order valence-corrected chi connectivity index (χ3v) is 3.91. The van der Waals surface area contributed by atoms with E-state index in [1.54, 1.807) is 29.3 Å². The average Bonchev–Trinajstić information content (AvgIpc) is 2.67. The monoisotopic (exact) mass is 252 g/mol. The van der Waals surface area contributed by atoms with Crippen molar-refractivity contribution < 1.29 is 0 Å². The van der Waals surface area contributed by atoms with Crippen molar-refractivity contribution in [2.24, 2.45) is 5.73 Å². The molecule has 0 spiro atoms. The van der Waals surface area contributed by atoms with Crippen LogP contribution < -0.4 is 5.73 Å². The summed E-state index contributed by atoms with van der Waals surface area (Å²) in [6.45, 7) is 2.58. The second-order valence-electron chi connectivity index (χ2n) is 3.20. The number of nitrogens with two attached hydrogens (primary N) is 1. The molecule has 0 radical (unpaired) electrons. The maximum Gasteiger partial charge on any atom is 0.180 e. The Balaban J connectivity index is 2.20. The van der Waals surface area contributed by atoms with Crippen LogP contribution in [0.1, 0.15) is 10.6 Å². The fourth-order valence-corrected chi connectivity index (χ4v) is 3.11. The first-order valence-corrected chi connectivity index (χ1v) is 6.55. The number of nitrogens with zero attached hydrogens (tertiary/aromatic N) is 3. The molecule has 84 valence electrons. The fourth-order valence-electron chi connectivity index (χ4n) is 1.26. The van der Waals surface area contributed by atoms with Gasteiger partial charge in [-0.1, -0.05) is 17.4 Å². The fraction of sp³-hybridized carbons (Fsp3) is 0.300. The molecule has 0 saturated heterocycles. The Morgan fingerprint density at radius 2 is 2.31 bits per heavy atom. The van der Waals surface area contributed by atoms with Gasteiger partial charge in [-0.15, -0.1) is 10.2 Å². The van der Waals surface area contributed by atoms with E-state index in [4.69, 9.17) is 5.73 Å². The molecular formula is C10H12N4S2. The second-order valence-corrected chi connectivity index (χ2v) is 5.61. The molecule has 0 fully saturated rings. The number of aryl methyl sites for hydroxylation is 1. The highest BCUT2D eigenvalue weighted by molar-refractivity contribution is 8.01. The van der Waals surface area contributed by atoms with Gasteiger partial charge in [-0.25, -0.2) is 4.98 Å². The van der Waals surface area contributed by atoms with Gasteiger partial charge in [0.25, 0.3) is 0 Å². The minimum absolute atomic E-state index is 0.633. The maximum absolute atomic E-state index is 5.56. The summed E-state index contributed by atoms with van der Waals surface area (Å²) in [5, 5.41) is 10.0. The molecule has 2 heterocycles. The van der Waals surface area contributed by atoms with Crippen molar-refractivity contribution in [2.45, 2.75) is 22.7 Å². The molecule has 2 rings (SSSR count). The molecule has 0 unspecified atom stereocenters. The number of hydrogen-bond acceptors (Lipinski definition) is 6. The second kappa shape index (κ2) is 5.38. The predicted molar refractivity (Wildman–Crippen MR) is 65.8 cm³/mol. The van der Waals surface area contributed by atoms with E-state index in [0.717, 1.165) is 20.8 Å². The summed E-state index contributed by atoms with van der Waals surface area (Å²) in [7, 11) is 0. The van der Waals surface area contributed by atoms with Crippen LogP contribution in [0, 0.1) is 6.92 Å². The van der Waals surface area contributed by atoms with Crippen LogP contribution in [0.5, 0.6) is 0 Å². The van der Waals surface area contributed by atoms with E-state index < -0.39 is 0 Å². The molecule has 6 heteroatoms. The van der Waals surface area contributed by atoms with E-state index in [9.17, 15) is 0 Å². The van der Waals surface area contributed by atoms with Crippen molar-refractivity contribution in [3.8, 4) is 0 Å². The Bertz CT molecular complexity index is 469. The van der Waals surface area contributed by atoms with Crippen molar-refractivity contribution >= 4 is 23.1 Å². The van der Waals surface area contributed by atoms with E-state index in [2.05, 4.69) is 21.2 Å². The van der Waals surface area contributed by atoms with Crippen LogP contribution in [0.15, 0.2) is 27.7 Å². The van der Waals surface area contributed by atoms with Crippen LogP contribution in [0.4, 0.5) is 0 Å². The average molecular weight is 252 g/mol. The third kappa shape index (κ3) is 2.78. The highest BCUT2D eigenvalue weighted by Gasteiger charge is 2.08. The van der Waals surface area contributed by atoms with Crippen molar-refractivity contribution in [3.63, 3.8) is 0 Å². The zero-order chi connectivity index (χ0) is 11.4. The Hall–Kier alpha value is -0.980. The molecular weight excluding hydrogens is 240 g/mol. The molecule has 0 amide bonds. The Morgan fingerprint density at radius 3 is 3.00 bits per heavy atom. The van der Waals surface area contributed by atoms with Gasteiger partial charge >= 0.3 is 0 Å². The van der Waals surface area contributed by atoms with E-state index in [1.165, 1.54) is 5.56 Å². The summed E-state index contributed by atoms with van der Waals surface area (Å²) in [5.41, 5.74) is 6.73. The molecule has 2 aromatic rings. The topological polar surface area (TPSA) is 64.7 Å². The smallest absolute Gasteiger partial charge is 0.180 e. The number of hydrogen-bond donors (Lipinski definition) is 1. The first-order chi connectivity index (χ1) is 7.79. The Morgan fingerprint density at radius 1 is 1.44 bits per heavy atom. The minimum atomic E-state index is 0.633. The molecule has 0 bridgehead atoms. The van der Waals surface area contributed by atoms with E-state index in [-0.39, 0.29) is 0 Å². The zero-order valence-corrected chi connectivity index (χ0v) is 10.5. The van der Waals surface area contributed by atoms with Crippen LogP contribution >= 0.6 is 23.1 Å². The number of aromatic nitrogens is 3. The largest absolute Gasteiger partial charge is 0.330 e. The van der Waals surface area contributed by atoms with Crippen molar-refractivity contribution in [3.05, 3.63) is 28.9 Å². The third-order valence-electron chi connectivity index (χ3n) is 1.96. The molecule has 16 heavy (non-hydrogen) atoms. The van der Waals surface area contributed by atoms with Gasteiger partial charge in [0.05, 0.1) is 0 Å². The van der Waals surface area contributed by atoms with Crippen molar-refractivity contribution in [1.82, 2.24) is 15.2 Å². The summed E-state index contributed by atoms with van der Waals surface area (Å²) < 4.78 is 0.925. The summed E-state index contributed by atoms with van der Waals surface area (Å²) in [6, 6.07) is 3.98. The molecule has 0 aliphatic rings. The lowest BCUT2D eigenvalue weighted by Gasteiger charge is -2.03. The van der Waals surface area contributed by atoms with Gasteiger partial charge in [0.15, 0.2) is 4.34 Å². The Labute approximate surface area is 102 Å². The minimum Gasteiger partial charge on any atom is -0.330 e. The van der Waals surface area contributed by atoms with E-state index in [0.29, 0.717) is 6.54 Å². The van der Waals surface area contributed by atoms with Crippen LogP contribution in [0.2, 0.25) is 0 Å². The highest BCUT2D eigenvalue weighted by Crippen LogP contribution is 2.30. The van der Waals surface area contributed by atoms with Gasteiger partial charge in [0, 0.05) is 6.20 Å². The van der Waals surface area contributed by atoms with Gasteiger partial charge in [-0.05, 0) is 43.3 Å². The van der Waals surface area contributed by atoms with Gasteiger partial charge < -0.3 is 5.73 Å². The summed E-state index contributed by atoms with van der Waals surface area (Å²) in [4.78, 5) is 4.35. The summed E-state index contributed by atoms with van der Waals surface area (Å²) in [6.07, 6.45) is 2.63. The SMILES string of the molecule is Cc1nnc(Sc2ncccc2CCN)s1. The highest BCUT2D eigenvalue weighted by atomic mass is 32.2. The van der Waals surface area contributed by atoms with Gasteiger partial charge in [0.2, 0.25) is 0 Å². The van der Waals surface area contributed by atoms with E-state index in [1.807, 2.05) is 13.0 Å². The molecule has 0 aliphatic carbocycles. The molecule has 4 nitrogen and oxygen atoms in total. The summed E-state index contributed by atoms with van der Waals surface area (Å²) >= 11 is 3.13. The number of pyridine rings is 1. The first-order valence-electron chi connectivity index (χ1n) is 4.91. The molecule has 0 aliphatic heterocycles. The Kier molecular flexibility index (Phi) is 3.87. The normalized spacial score (nSPS) is 10.6. The summed E-state index contributed by atoms with van der Waals surface area (Å²) in [5.74, 6) is 0. The van der Waals surface area contributed by atoms with Crippen molar-refractivity contribution in [2.75, 3.05) is 6.54 Å². The van der Waals surface area contributed by atoms with E-state index >= 15 is 0 Å². The number of rotatable bonds is 4. The lowest BCUT2D eigenvalue weighted by atomic mass is 10.2. The van der Waals surface area contributed by atoms with Crippen LogP contribution in [0.3, 0.4) is 0 Å². The lowest BCUT2D eigenvalue weighted by molar-refractivity contribution is 0.909. The van der Waals surface area contributed by atoms with Crippen LogP contribution in [-0.4, -0.2) is 21.7 Å². The van der Waals surface area contributed by atoms with Crippen molar-refractivity contribution in [1.29, 1.82) is 0 Å².